The summed E-state index contributed by atoms with van der Waals surface area (Å²) in [5, 5.41) is -0.327. The van der Waals surface area contributed by atoms with E-state index >= 15 is 0 Å². The molecule has 0 aliphatic carbocycles. The van der Waals surface area contributed by atoms with Gasteiger partial charge in [0.25, 0.3) is 0 Å². The molecule has 0 radical (unpaired) electrons. The lowest BCUT2D eigenvalue weighted by atomic mass is 10.1. The molecule has 0 fully saturated rings. The average Bonchev–Trinajstić information content (AvgIpc) is 2.56. The Hall–Kier alpha value is -1.36. The number of ether oxygens (including phenoxy) is 3. The molecule has 1 rings (SSSR count). The molecular formula is C17H26O4S. The summed E-state index contributed by atoms with van der Waals surface area (Å²) in [7, 11) is 4.61. The first-order valence-electron chi connectivity index (χ1n) is 7.59. The molecule has 124 valence electrons. The number of carbonyl (C=O) groups excluding carboxylic acids is 1. The van der Waals surface area contributed by atoms with Gasteiger partial charge in [0.2, 0.25) is 0 Å². The van der Waals surface area contributed by atoms with E-state index in [0.717, 1.165) is 17.7 Å². The minimum Gasteiger partial charge on any atom is -0.493 e. The molecular weight excluding hydrogens is 300 g/mol. The van der Waals surface area contributed by atoms with Gasteiger partial charge in [-0.3, -0.25) is 4.79 Å². The smallest absolute Gasteiger partial charge is 0.323 e. The summed E-state index contributed by atoms with van der Waals surface area (Å²) < 4.78 is 15.5. The van der Waals surface area contributed by atoms with E-state index in [9.17, 15) is 4.79 Å². The fourth-order valence-electron chi connectivity index (χ4n) is 2.15. The van der Waals surface area contributed by atoms with Gasteiger partial charge in [0.15, 0.2) is 11.5 Å². The maximum Gasteiger partial charge on any atom is 0.323 e. The first-order valence-corrected chi connectivity index (χ1v) is 8.64. The maximum absolute atomic E-state index is 12.1. The monoisotopic (exact) mass is 326 g/mol. The topological polar surface area (TPSA) is 44.8 Å². The van der Waals surface area contributed by atoms with Gasteiger partial charge >= 0.3 is 5.97 Å². The minimum absolute atomic E-state index is 0.229. The van der Waals surface area contributed by atoms with E-state index < -0.39 is 0 Å². The number of carbonyl (C=O) groups is 1. The third-order valence-corrected chi connectivity index (χ3v) is 4.73. The van der Waals surface area contributed by atoms with Crippen molar-refractivity contribution in [3.8, 4) is 11.5 Å². The van der Waals surface area contributed by atoms with E-state index in [4.69, 9.17) is 14.2 Å². The van der Waals surface area contributed by atoms with Crippen molar-refractivity contribution in [3.63, 3.8) is 0 Å². The van der Waals surface area contributed by atoms with Crippen molar-refractivity contribution < 1.29 is 19.0 Å². The van der Waals surface area contributed by atoms with Crippen molar-refractivity contribution >= 4 is 17.7 Å². The van der Waals surface area contributed by atoms with Crippen molar-refractivity contribution in [2.45, 2.75) is 37.9 Å². The number of benzene rings is 1. The Morgan fingerprint density at radius 1 is 1.09 bits per heavy atom. The van der Waals surface area contributed by atoms with Crippen LogP contribution in [0.3, 0.4) is 0 Å². The molecule has 0 aromatic heterocycles. The predicted octanol–water partition coefficient (Wildman–Crippen LogP) is 4.23. The Bertz CT molecular complexity index is 462. The molecule has 1 aromatic rings. The Labute approximate surface area is 137 Å². The van der Waals surface area contributed by atoms with Crippen LogP contribution in [-0.4, -0.2) is 33.1 Å². The second kappa shape index (κ2) is 10.4. The highest BCUT2D eigenvalue weighted by atomic mass is 32.2. The Morgan fingerprint density at radius 2 is 1.82 bits per heavy atom. The highest BCUT2D eigenvalue weighted by Gasteiger charge is 2.23. The fourth-order valence-corrected chi connectivity index (χ4v) is 3.33. The van der Waals surface area contributed by atoms with Gasteiger partial charge in [-0.15, -0.1) is 11.8 Å². The molecule has 0 N–H and O–H groups in total. The summed E-state index contributed by atoms with van der Waals surface area (Å²) in [5.41, 5.74) is 0.880. The zero-order valence-corrected chi connectivity index (χ0v) is 14.7. The summed E-state index contributed by atoms with van der Waals surface area (Å²) >= 11 is 1.62. The molecule has 0 spiro atoms. The van der Waals surface area contributed by atoms with Crippen LogP contribution in [0.2, 0.25) is 0 Å². The quantitative estimate of drug-likeness (QED) is 0.475. The number of unbranched alkanes of at least 4 members (excludes halogenated alkanes) is 3. The summed E-state index contributed by atoms with van der Waals surface area (Å²) in [6.45, 7) is 2.19. The normalized spacial score (nSPS) is 11.8. The van der Waals surface area contributed by atoms with Crippen LogP contribution in [0.5, 0.6) is 11.5 Å². The maximum atomic E-state index is 12.1. The second-order valence-corrected chi connectivity index (χ2v) is 6.16. The predicted molar refractivity (Wildman–Crippen MR) is 90.9 cm³/mol. The van der Waals surface area contributed by atoms with Crippen LogP contribution in [0, 0.1) is 0 Å². The van der Waals surface area contributed by atoms with E-state index in [-0.39, 0.29) is 11.2 Å². The van der Waals surface area contributed by atoms with Crippen molar-refractivity contribution in [2.75, 3.05) is 27.1 Å². The molecule has 0 saturated heterocycles. The molecule has 5 heteroatoms. The minimum atomic E-state index is -0.327. The van der Waals surface area contributed by atoms with Crippen molar-refractivity contribution in [2.24, 2.45) is 0 Å². The van der Waals surface area contributed by atoms with Gasteiger partial charge in [-0.2, -0.15) is 0 Å². The number of hydrogen-bond donors (Lipinski definition) is 0. The Morgan fingerprint density at radius 3 is 2.41 bits per heavy atom. The van der Waals surface area contributed by atoms with Crippen molar-refractivity contribution in [1.82, 2.24) is 0 Å². The summed E-state index contributed by atoms with van der Waals surface area (Å²) in [4.78, 5) is 12.1. The zero-order chi connectivity index (χ0) is 16.4. The first-order chi connectivity index (χ1) is 10.7. The van der Waals surface area contributed by atoms with Crippen LogP contribution in [-0.2, 0) is 9.53 Å². The largest absolute Gasteiger partial charge is 0.493 e. The molecule has 1 atom stereocenters. The number of rotatable bonds is 10. The lowest BCUT2D eigenvalue weighted by Crippen LogP contribution is -2.12. The van der Waals surface area contributed by atoms with E-state index in [0.29, 0.717) is 11.5 Å². The first kappa shape index (κ1) is 18.7. The van der Waals surface area contributed by atoms with Crippen molar-refractivity contribution in [3.05, 3.63) is 23.8 Å². The van der Waals surface area contributed by atoms with Crippen LogP contribution in [0.4, 0.5) is 0 Å². The van der Waals surface area contributed by atoms with Crippen LogP contribution >= 0.6 is 11.8 Å². The zero-order valence-electron chi connectivity index (χ0n) is 13.9. The number of hydrogen-bond acceptors (Lipinski definition) is 5. The number of esters is 1. The summed E-state index contributed by atoms with van der Waals surface area (Å²) in [6, 6.07) is 5.56. The lowest BCUT2D eigenvalue weighted by Gasteiger charge is -2.16. The molecule has 0 bridgehead atoms. The van der Waals surface area contributed by atoms with Crippen LogP contribution < -0.4 is 9.47 Å². The van der Waals surface area contributed by atoms with E-state index in [1.54, 1.807) is 26.0 Å². The molecule has 0 aliphatic rings. The van der Waals surface area contributed by atoms with Gasteiger partial charge in [0.05, 0.1) is 21.3 Å². The van der Waals surface area contributed by atoms with Gasteiger partial charge in [0, 0.05) is 0 Å². The van der Waals surface area contributed by atoms with Crippen LogP contribution in [0.25, 0.3) is 0 Å². The fraction of sp³-hybridized carbons (Fsp3) is 0.588. The molecule has 0 amide bonds. The molecule has 22 heavy (non-hydrogen) atoms. The molecule has 0 saturated carbocycles. The highest BCUT2D eigenvalue weighted by molar-refractivity contribution is 8.00. The van der Waals surface area contributed by atoms with Gasteiger partial charge in [-0.05, 0) is 29.9 Å². The standard InChI is InChI=1S/C17H26O4S/c1-5-6-7-8-11-22-16(17(18)21-4)13-9-10-14(19-2)15(12-13)20-3/h9-10,12,16H,5-8,11H2,1-4H3. The van der Waals surface area contributed by atoms with Crippen LogP contribution in [0.1, 0.15) is 43.4 Å². The van der Waals surface area contributed by atoms with Crippen molar-refractivity contribution in [1.29, 1.82) is 0 Å². The molecule has 4 nitrogen and oxygen atoms in total. The lowest BCUT2D eigenvalue weighted by molar-refractivity contribution is -0.140. The number of thioether (sulfide) groups is 1. The molecule has 1 unspecified atom stereocenters. The van der Waals surface area contributed by atoms with E-state index in [2.05, 4.69) is 6.92 Å². The summed E-state index contributed by atoms with van der Waals surface area (Å²) in [6.07, 6.45) is 4.75. The molecule has 0 aliphatic heterocycles. The number of methoxy groups -OCH3 is 3. The van der Waals surface area contributed by atoms with Crippen LogP contribution in [0.15, 0.2) is 18.2 Å². The van der Waals surface area contributed by atoms with E-state index in [1.165, 1.54) is 26.4 Å². The van der Waals surface area contributed by atoms with Gasteiger partial charge < -0.3 is 14.2 Å². The highest BCUT2D eigenvalue weighted by Crippen LogP contribution is 2.36. The summed E-state index contributed by atoms with van der Waals surface area (Å²) in [5.74, 6) is 1.99. The van der Waals surface area contributed by atoms with Gasteiger partial charge in [0.1, 0.15) is 5.25 Å². The Kier molecular flexibility index (Phi) is 8.82. The SMILES string of the molecule is CCCCCCSC(C(=O)OC)c1ccc(OC)c(OC)c1. The molecule has 1 aromatic carbocycles. The third-order valence-electron chi connectivity index (χ3n) is 3.41. The third kappa shape index (κ3) is 5.44. The van der Waals surface area contributed by atoms with E-state index in [1.807, 2.05) is 18.2 Å². The molecule has 0 heterocycles. The second-order valence-electron chi connectivity index (χ2n) is 4.95. The van der Waals surface area contributed by atoms with Gasteiger partial charge in [-0.25, -0.2) is 0 Å². The Balaban J connectivity index is 2.81. The average molecular weight is 326 g/mol. The van der Waals surface area contributed by atoms with Gasteiger partial charge in [-0.1, -0.05) is 32.3 Å².